The molecule has 1 amide bonds. The fourth-order valence-electron chi connectivity index (χ4n) is 2.43. The largest absolute Gasteiger partial charge is 0.496 e. The number of hydrogen-bond donors (Lipinski definition) is 0. The van der Waals surface area contributed by atoms with Crippen LogP contribution in [0.2, 0.25) is 0 Å². The van der Waals surface area contributed by atoms with Crippen molar-refractivity contribution in [2.75, 3.05) is 20.2 Å². The van der Waals surface area contributed by atoms with Gasteiger partial charge in [-0.05, 0) is 29.8 Å². The number of aliphatic imine (C=N–C) groups is 1. The number of methoxy groups -OCH3 is 1. The van der Waals surface area contributed by atoms with E-state index in [9.17, 15) is 9.18 Å². The van der Waals surface area contributed by atoms with E-state index in [1.165, 1.54) is 23.9 Å². The highest BCUT2D eigenvalue weighted by molar-refractivity contribution is 8.13. The molecule has 0 saturated heterocycles. The van der Waals surface area contributed by atoms with Gasteiger partial charge in [0.05, 0.1) is 19.2 Å². The zero-order valence-electron chi connectivity index (χ0n) is 13.2. The standard InChI is InChI=1S/C18H17FN2O2S/c1-23-16-5-3-2-4-15(16)17(22)21-11-10-20-18(21)24-12-13-6-8-14(19)9-7-13/h2-9H,10-12H2,1H3. The number of benzene rings is 2. The van der Waals surface area contributed by atoms with Gasteiger partial charge in [0.15, 0.2) is 5.17 Å². The average molecular weight is 344 g/mol. The van der Waals surface area contributed by atoms with E-state index >= 15 is 0 Å². The number of para-hydroxylation sites is 1. The molecule has 4 nitrogen and oxygen atoms in total. The Kier molecular flexibility index (Phi) is 5.15. The van der Waals surface area contributed by atoms with Crippen molar-refractivity contribution in [3.63, 3.8) is 0 Å². The van der Waals surface area contributed by atoms with Crippen molar-refractivity contribution in [2.45, 2.75) is 5.75 Å². The third kappa shape index (κ3) is 3.59. The number of amidine groups is 1. The Bertz CT molecular complexity index is 762. The second-order valence-electron chi connectivity index (χ2n) is 5.24. The highest BCUT2D eigenvalue weighted by Crippen LogP contribution is 2.25. The fourth-order valence-corrected chi connectivity index (χ4v) is 3.43. The number of carbonyl (C=O) groups excluding carboxylic acids is 1. The van der Waals surface area contributed by atoms with Crippen LogP contribution in [-0.4, -0.2) is 36.2 Å². The monoisotopic (exact) mass is 344 g/mol. The molecule has 24 heavy (non-hydrogen) atoms. The predicted molar refractivity (Wildman–Crippen MR) is 94.0 cm³/mol. The van der Waals surface area contributed by atoms with E-state index in [2.05, 4.69) is 4.99 Å². The molecule has 0 N–H and O–H groups in total. The summed E-state index contributed by atoms with van der Waals surface area (Å²) in [5.74, 6) is 0.817. The first kappa shape index (κ1) is 16.5. The van der Waals surface area contributed by atoms with E-state index in [4.69, 9.17) is 4.74 Å². The Morgan fingerprint density at radius 3 is 2.75 bits per heavy atom. The summed E-state index contributed by atoms with van der Waals surface area (Å²) in [4.78, 5) is 18.9. The van der Waals surface area contributed by atoms with Crippen molar-refractivity contribution >= 4 is 22.8 Å². The van der Waals surface area contributed by atoms with E-state index in [0.717, 1.165) is 5.56 Å². The van der Waals surface area contributed by atoms with Crippen molar-refractivity contribution in [2.24, 2.45) is 4.99 Å². The minimum absolute atomic E-state index is 0.115. The smallest absolute Gasteiger partial charge is 0.263 e. The van der Waals surface area contributed by atoms with Crippen molar-refractivity contribution in [3.05, 3.63) is 65.5 Å². The van der Waals surface area contributed by atoms with Gasteiger partial charge in [0.25, 0.3) is 5.91 Å². The molecule has 0 spiro atoms. The minimum atomic E-state index is -0.255. The Labute approximate surface area is 144 Å². The maximum atomic E-state index is 13.0. The molecule has 2 aromatic carbocycles. The van der Waals surface area contributed by atoms with Gasteiger partial charge in [-0.15, -0.1) is 0 Å². The molecular formula is C18H17FN2O2S. The molecule has 2 aromatic rings. The van der Waals surface area contributed by atoms with Crippen molar-refractivity contribution in [1.29, 1.82) is 0 Å². The van der Waals surface area contributed by atoms with E-state index in [1.54, 1.807) is 36.3 Å². The zero-order chi connectivity index (χ0) is 16.9. The Morgan fingerprint density at radius 2 is 2.00 bits per heavy atom. The van der Waals surface area contributed by atoms with E-state index in [-0.39, 0.29) is 11.7 Å². The summed E-state index contributed by atoms with van der Waals surface area (Å²) in [7, 11) is 1.55. The SMILES string of the molecule is COc1ccccc1C(=O)N1CCN=C1SCc1ccc(F)cc1. The number of halogens is 1. The van der Waals surface area contributed by atoms with Gasteiger partial charge in [-0.1, -0.05) is 36.0 Å². The number of hydrogen-bond acceptors (Lipinski definition) is 4. The number of carbonyl (C=O) groups is 1. The summed E-state index contributed by atoms with van der Waals surface area (Å²) >= 11 is 1.48. The van der Waals surface area contributed by atoms with Crippen molar-refractivity contribution in [3.8, 4) is 5.75 Å². The normalized spacial score (nSPS) is 13.8. The number of rotatable bonds is 4. The second kappa shape index (κ2) is 7.49. The third-order valence-corrected chi connectivity index (χ3v) is 4.75. The van der Waals surface area contributed by atoms with Crippen molar-refractivity contribution in [1.82, 2.24) is 4.90 Å². The molecule has 0 aliphatic carbocycles. The van der Waals surface area contributed by atoms with Gasteiger partial charge in [-0.3, -0.25) is 14.7 Å². The Balaban J connectivity index is 1.70. The summed E-state index contributed by atoms with van der Waals surface area (Å²) in [6, 6.07) is 13.5. The van der Waals surface area contributed by atoms with E-state index in [0.29, 0.717) is 35.3 Å². The highest BCUT2D eigenvalue weighted by atomic mass is 32.2. The molecule has 0 radical (unpaired) electrons. The Hall–Kier alpha value is -2.34. The molecule has 124 valence electrons. The van der Waals surface area contributed by atoms with Gasteiger partial charge in [-0.2, -0.15) is 0 Å². The Morgan fingerprint density at radius 1 is 1.25 bits per heavy atom. The zero-order valence-corrected chi connectivity index (χ0v) is 14.1. The molecule has 0 saturated carbocycles. The highest BCUT2D eigenvalue weighted by Gasteiger charge is 2.26. The molecule has 6 heteroatoms. The van der Waals surface area contributed by atoms with Gasteiger partial charge in [-0.25, -0.2) is 4.39 Å². The van der Waals surface area contributed by atoms with Crippen LogP contribution >= 0.6 is 11.8 Å². The first-order chi connectivity index (χ1) is 11.7. The first-order valence-electron chi connectivity index (χ1n) is 7.55. The molecule has 0 bridgehead atoms. The summed E-state index contributed by atoms with van der Waals surface area (Å²) in [5, 5.41) is 0.690. The first-order valence-corrected chi connectivity index (χ1v) is 8.54. The fraction of sp³-hybridized carbons (Fsp3) is 0.222. The summed E-state index contributed by atoms with van der Waals surface area (Å²) < 4.78 is 18.2. The van der Waals surface area contributed by atoms with E-state index in [1.807, 2.05) is 12.1 Å². The molecule has 0 aromatic heterocycles. The van der Waals surface area contributed by atoms with Gasteiger partial charge < -0.3 is 4.74 Å². The molecule has 1 aliphatic heterocycles. The number of nitrogens with zero attached hydrogens (tertiary/aromatic N) is 2. The van der Waals surface area contributed by atoms with Crippen LogP contribution in [0.4, 0.5) is 4.39 Å². The van der Waals surface area contributed by atoms with Gasteiger partial charge >= 0.3 is 0 Å². The summed E-state index contributed by atoms with van der Waals surface area (Å²) in [6.45, 7) is 1.15. The van der Waals surface area contributed by atoms with Crippen LogP contribution in [0, 0.1) is 5.82 Å². The van der Waals surface area contributed by atoms with Crippen LogP contribution in [0.3, 0.4) is 0 Å². The van der Waals surface area contributed by atoms with Gasteiger partial charge in [0.1, 0.15) is 11.6 Å². The minimum Gasteiger partial charge on any atom is -0.496 e. The molecular weight excluding hydrogens is 327 g/mol. The lowest BCUT2D eigenvalue weighted by Crippen LogP contribution is -2.33. The molecule has 0 unspecified atom stereocenters. The number of ether oxygens (including phenoxy) is 1. The lowest BCUT2D eigenvalue weighted by molar-refractivity contribution is 0.0857. The van der Waals surface area contributed by atoms with Crippen LogP contribution in [-0.2, 0) is 5.75 Å². The second-order valence-corrected chi connectivity index (χ2v) is 6.18. The van der Waals surface area contributed by atoms with Gasteiger partial charge in [0, 0.05) is 12.3 Å². The van der Waals surface area contributed by atoms with E-state index < -0.39 is 0 Å². The number of amides is 1. The molecule has 0 atom stereocenters. The molecule has 0 fully saturated rings. The maximum absolute atomic E-state index is 13.0. The van der Waals surface area contributed by atoms with Crippen LogP contribution in [0.25, 0.3) is 0 Å². The third-order valence-electron chi connectivity index (χ3n) is 3.67. The lowest BCUT2D eigenvalue weighted by atomic mass is 10.2. The van der Waals surface area contributed by atoms with Crippen LogP contribution in [0.15, 0.2) is 53.5 Å². The van der Waals surface area contributed by atoms with Crippen LogP contribution in [0.1, 0.15) is 15.9 Å². The predicted octanol–water partition coefficient (Wildman–Crippen LogP) is 3.58. The molecule has 1 aliphatic rings. The average Bonchev–Trinajstić information content (AvgIpc) is 3.09. The topological polar surface area (TPSA) is 41.9 Å². The van der Waals surface area contributed by atoms with Gasteiger partial charge in [0.2, 0.25) is 0 Å². The maximum Gasteiger partial charge on any atom is 0.263 e. The number of thioether (sulfide) groups is 1. The lowest BCUT2D eigenvalue weighted by Gasteiger charge is -2.19. The summed E-state index contributed by atoms with van der Waals surface area (Å²) in [5.41, 5.74) is 1.51. The van der Waals surface area contributed by atoms with Crippen LogP contribution in [0.5, 0.6) is 5.75 Å². The van der Waals surface area contributed by atoms with Crippen LogP contribution < -0.4 is 4.74 Å². The molecule has 3 rings (SSSR count). The van der Waals surface area contributed by atoms with Crippen molar-refractivity contribution < 1.29 is 13.9 Å². The molecule has 1 heterocycles. The summed E-state index contributed by atoms with van der Waals surface area (Å²) in [6.07, 6.45) is 0. The quantitative estimate of drug-likeness (QED) is 0.851.